The number of ether oxygens (including phenoxy) is 1. The molecule has 2 N–H and O–H groups in total. The molecule has 0 saturated carbocycles. The lowest BCUT2D eigenvalue weighted by Gasteiger charge is -2.42. The summed E-state index contributed by atoms with van der Waals surface area (Å²) in [5, 5.41) is 5.65. The van der Waals surface area contributed by atoms with Gasteiger partial charge in [0.2, 0.25) is 11.8 Å². The third-order valence-electron chi connectivity index (χ3n) is 6.05. The number of benzene rings is 1. The number of carbonyl (C=O) groups excluding carboxylic acids is 2. The standard InChI is InChI=1S/C23H27F2N5O3/c1-15(29-9-2-3-17(13-29)30-10-8-26-22(31)14-30)23(32)28-21-7-5-18(12-27-21)33-20-6-4-16(24)11-19(20)25/h4-7,11-12,15,17H,2-3,8-10,13-14H2,1H3,(H,26,31)(H,27,28,32). The Morgan fingerprint density at radius 2 is 2.12 bits per heavy atom. The molecule has 8 nitrogen and oxygen atoms in total. The van der Waals surface area contributed by atoms with Gasteiger partial charge in [0.1, 0.15) is 17.4 Å². The molecule has 1 aromatic heterocycles. The molecule has 33 heavy (non-hydrogen) atoms. The smallest absolute Gasteiger partial charge is 0.242 e. The number of aromatic nitrogens is 1. The van der Waals surface area contributed by atoms with Crippen molar-refractivity contribution in [3.63, 3.8) is 0 Å². The number of nitrogens with one attached hydrogen (secondary N) is 2. The SMILES string of the molecule is CC(C(=O)Nc1ccc(Oc2ccc(F)cc2F)cn1)N1CCCC(N2CCNC(=O)C2)C1. The number of hydrogen-bond donors (Lipinski definition) is 2. The van der Waals surface area contributed by atoms with Crippen LogP contribution < -0.4 is 15.4 Å². The minimum Gasteiger partial charge on any atom is -0.453 e. The van der Waals surface area contributed by atoms with Gasteiger partial charge in [0, 0.05) is 31.7 Å². The summed E-state index contributed by atoms with van der Waals surface area (Å²) in [5.41, 5.74) is 0. The van der Waals surface area contributed by atoms with Gasteiger partial charge in [-0.1, -0.05) is 0 Å². The highest BCUT2D eigenvalue weighted by atomic mass is 19.1. The van der Waals surface area contributed by atoms with E-state index in [2.05, 4.69) is 25.4 Å². The van der Waals surface area contributed by atoms with Gasteiger partial charge < -0.3 is 15.4 Å². The van der Waals surface area contributed by atoms with Crippen molar-refractivity contribution >= 4 is 17.6 Å². The van der Waals surface area contributed by atoms with Crippen LogP contribution in [0.25, 0.3) is 0 Å². The summed E-state index contributed by atoms with van der Waals surface area (Å²) in [6, 6.07) is 6.04. The number of hydrogen-bond acceptors (Lipinski definition) is 6. The van der Waals surface area contributed by atoms with Gasteiger partial charge in [-0.15, -0.1) is 0 Å². The quantitative estimate of drug-likeness (QED) is 0.690. The number of rotatable bonds is 6. The second kappa shape index (κ2) is 10.2. The molecule has 4 rings (SSSR count). The maximum absolute atomic E-state index is 13.7. The van der Waals surface area contributed by atoms with Crippen LogP contribution in [0.15, 0.2) is 36.5 Å². The van der Waals surface area contributed by atoms with Crippen LogP contribution in [-0.2, 0) is 9.59 Å². The van der Waals surface area contributed by atoms with Gasteiger partial charge in [-0.05, 0) is 50.6 Å². The Hall–Kier alpha value is -3.11. The zero-order valence-corrected chi connectivity index (χ0v) is 18.4. The number of likely N-dealkylation sites (tertiary alicyclic amines) is 1. The molecule has 2 saturated heterocycles. The number of amides is 2. The summed E-state index contributed by atoms with van der Waals surface area (Å²) in [6.45, 7) is 5.28. The number of anilines is 1. The Morgan fingerprint density at radius 1 is 1.27 bits per heavy atom. The zero-order valence-electron chi connectivity index (χ0n) is 18.4. The summed E-state index contributed by atoms with van der Waals surface area (Å²) >= 11 is 0. The Kier molecular flexibility index (Phi) is 7.14. The van der Waals surface area contributed by atoms with Crippen molar-refractivity contribution in [2.45, 2.75) is 31.8 Å². The molecule has 2 aliphatic heterocycles. The first kappa shape index (κ1) is 23.1. The van der Waals surface area contributed by atoms with Crippen molar-refractivity contribution < 1.29 is 23.1 Å². The predicted octanol–water partition coefficient (Wildman–Crippen LogP) is 2.38. The average molecular weight is 459 g/mol. The largest absolute Gasteiger partial charge is 0.453 e. The van der Waals surface area contributed by atoms with E-state index in [1.807, 2.05) is 6.92 Å². The van der Waals surface area contributed by atoms with Crippen molar-refractivity contribution in [1.29, 1.82) is 0 Å². The van der Waals surface area contributed by atoms with E-state index in [-0.39, 0.29) is 35.4 Å². The fourth-order valence-corrected chi connectivity index (χ4v) is 4.20. The average Bonchev–Trinajstić information content (AvgIpc) is 2.81. The number of halogens is 2. The fourth-order valence-electron chi connectivity index (χ4n) is 4.20. The van der Waals surface area contributed by atoms with E-state index < -0.39 is 11.6 Å². The third kappa shape index (κ3) is 5.82. The lowest BCUT2D eigenvalue weighted by molar-refractivity contribution is -0.126. The van der Waals surface area contributed by atoms with Gasteiger partial charge in [0.25, 0.3) is 0 Å². The Bertz CT molecular complexity index is 1000. The summed E-state index contributed by atoms with van der Waals surface area (Å²) < 4.78 is 32.2. The number of nitrogens with zero attached hydrogens (tertiary/aromatic N) is 3. The van der Waals surface area contributed by atoms with Crippen LogP contribution in [0.4, 0.5) is 14.6 Å². The van der Waals surface area contributed by atoms with Crippen molar-refractivity contribution in [2.24, 2.45) is 0 Å². The monoisotopic (exact) mass is 459 g/mol. The lowest BCUT2D eigenvalue weighted by atomic mass is 10.0. The van der Waals surface area contributed by atoms with Crippen LogP contribution in [0, 0.1) is 11.6 Å². The number of carbonyl (C=O) groups is 2. The van der Waals surface area contributed by atoms with E-state index in [9.17, 15) is 18.4 Å². The molecule has 0 bridgehead atoms. The predicted molar refractivity (Wildman–Crippen MR) is 118 cm³/mol. The van der Waals surface area contributed by atoms with Gasteiger partial charge in [0.05, 0.1) is 18.8 Å². The molecule has 0 aliphatic carbocycles. The minimum absolute atomic E-state index is 0.0461. The van der Waals surface area contributed by atoms with Gasteiger partial charge in [-0.3, -0.25) is 19.4 Å². The molecule has 0 spiro atoms. The Morgan fingerprint density at radius 3 is 2.85 bits per heavy atom. The number of piperazine rings is 1. The van der Waals surface area contributed by atoms with Crippen LogP contribution in [0.3, 0.4) is 0 Å². The van der Waals surface area contributed by atoms with Gasteiger partial charge in [-0.25, -0.2) is 13.8 Å². The molecule has 0 radical (unpaired) electrons. The first-order valence-corrected chi connectivity index (χ1v) is 11.0. The van der Waals surface area contributed by atoms with E-state index >= 15 is 0 Å². The van der Waals surface area contributed by atoms with Crippen molar-refractivity contribution in [3.8, 4) is 11.5 Å². The van der Waals surface area contributed by atoms with Crippen LogP contribution in [0.5, 0.6) is 11.5 Å². The molecule has 2 fully saturated rings. The van der Waals surface area contributed by atoms with Crippen molar-refractivity contribution in [3.05, 3.63) is 48.2 Å². The molecule has 1 aromatic carbocycles. The first-order chi connectivity index (χ1) is 15.9. The maximum atomic E-state index is 13.7. The molecular formula is C23H27F2N5O3. The van der Waals surface area contributed by atoms with Crippen LogP contribution >= 0.6 is 0 Å². The maximum Gasteiger partial charge on any atom is 0.242 e. The fraction of sp³-hybridized carbons (Fsp3) is 0.435. The molecule has 2 aromatic rings. The van der Waals surface area contributed by atoms with Gasteiger partial charge >= 0.3 is 0 Å². The molecule has 2 aliphatic rings. The highest BCUT2D eigenvalue weighted by Gasteiger charge is 2.32. The summed E-state index contributed by atoms with van der Waals surface area (Å²) in [6.07, 6.45) is 3.34. The molecule has 3 heterocycles. The van der Waals surface area contributed by atoms with E-state index in [0.29, 0.717) is 18.9 Å². The molecule has 176 valence electrons. The van der Waals surface area contributed by atoms with Crippen molar-refractivity contribution in [1.82, 2.24) is 20.1 Å². The zero-order chi connectivity index (χ0) is 23.4. The third-order valence-corrected chi connectivity index (χ3v) is 6.05. The van der Waals surface area contributed by atoms with E-state index in [1.165, 1.54) is 12.3 Å². The molecule has 10 heteroatoms. The van der Waals surface area contributed by atoms with E-state index in [4.69, 9.17) is 4.74 Å². The Labute approximate surface area is 190 Å². The lowest BCUT2D eigenvalue weighted by Crippen LogP contribution is -2.58. The number of pyridine rings is 1. The number of piperidine rings is 1. The Balaban J connectivity index is 1.32. The van der Waals surface area contributed by atoms with Crippen molar-refractivity contribution in [2.75, 3.05) is 38.0 Å². The second-order valence-electron chi connectivity index (χ2n) is 8.33. The van der Waals surface area contributed by atoms with Crippen LogP contribution in [-0.4, -0.2) is 71.4 Å². The topological polar surface area (TPSA) is 86.8 Å². The molecule has 2 amide bonds. The summed E-state index contributed by atoms with van der Waals surface area (Å²) in [4.78, 5) is 33.0. The van der Waals surface area contributed by atoms with Gasteiger partial charge in [0.15, 0.2) is 11.6 Å². The van der Waals surface area contributed by atoms with E-state index in [0.717, 1.165) is 44.6 Å². The van der Waals surface area contributed by atoms with Crippen LogP contribution in [0.1, 0.15) is 19.8 Å². The first-order valence-electron chi connectivity index (χ1n) is 11.0. The second-order valence-corrected chi connectivity index (χ2v) is 8.33. The normalized spacial score (nSPS) is 20.7. The molecule has 2 unspecified atom stereocenters. The van der Waals surface area contributed by atoms with E-state index in [1.54, 1.807) is 12.1 Å². The van der Waals surface area contributed by atoms with Crippen LogP contribution in [0.2, 0.25) is 0 Å². The highest BCUT2D eigenvalue weighted by Crippen LogP contribution is 2.25. The highest BCUT2D eigenvalue weighted by molar-refractivity contribution is 5.93. The summed E-state index contributed by atoms with van der Waals surface area (Å²) in [5.74, 6) is -1.15. The summed E-state index contributed by atoms with van der Waals surface area (Å²) in [7, 11) is 0. The molecular weight excluding hydrogens is 432 g/mol. The van der Waals surface area contributed by atoms with Gasteiger partial charge in [-0.2, -0.15) is 0 Å². The minimum atomic E-state index is -0.814. The molecule has 2 atom stereocenters.